The summed E-state index contributed by atoms with van der Waals surface area (Å²) < 4.78 is 1.77. The molecule has 0 unspecified atom stereocenters. The van der Waals surface area contributed by atoms with Crippen LogP contribution >= 0.6 is 11.3 Å². The topological polar surface area (TPSA) is 78.4 Å². The van der Waals surface area contributed by atoms with E-state index in [4.69, 9.17) is 10.4 Å². The fourth-order valence-corrected chi connectivity index (χ4v) is 2.98. The number of aromatic nitrogens is 2. The van der Waals surface area contributed by atoms with Gasteiger partial charge in [0, 0.05) is 17.5 Å². The number of thiazole rings is 1. The van der Waals surface area contributed by atoms with Gasteiger partial charge in [-0.15, -0.1) is 0 Å². The van der Waals surface area contributed by atoms with Gasteiger partial charge < -0.3 is 5.11 Å². The average molecular weight is 283 g/mol. The van der Waals surface area contributed by atoms with Crippen molar-refractivity contribution in [3.05, 3.63) is 46.6 Å². The van der Waals surface area contributed by atoms with Crippen molar-refractivity contribution >= 4 is 22.3 Å². The summed E-state index contributed by atoms with van der Waals surface area (Å²) in [5.41, 5.74) is 2.80. The number of fused-ring (bicyclic) bond motifs is 1. The van der Waals surface area contributed by atoms with Crippen molar-refractivity contribution in [1.29, 1.82) is 5.26 Å². The molecule has 0 amide bonds. The molecular formula is C14H9N3O2S. The van der Waals surface area contributed by atoms with Gasteiger partial charge in [-0.1, -0.05) is 23.5 Å². The number of hydrogen-bond donors (Lipinski definition) is 1. The van der Waals surface area contributed by atoms with Crippen LogP contribution in [0.2, 0.25) is 0 Å². The zero-order valence-corrected chi connectivity index (χ0v) is 11.3. The summed E-state index contributed by atoms with van der Waals surface area (Å²) in [7, 11) is 0. The molecule has 0 spiro atoms. The van der Waals surface area contributed by atoms with E-state index >= 15 is 0 Å². The van der Waals surface area contributed by atoms with Crippen molar-refractivity contribution in [2.24, 2.45) is 0 Å². The summed E-state index contributed by atoms with van der Waals surface area (Å²) >= 11 is 1.14. The fourth-order valence-electron chi connectivity index (χ4n) is 2.04. The second-order valence-corrected chi connectivity index (χ2v) is 5.27. The highest BCUT2D eigenvalue weighted by molar-refractivity contribution is 7.19. The molecule has 0 saturated carbocycles. The SMILES string of the molecule is Cc1c(C(=O)O)sc2nc(-c3cccc(C#N)c3)cn12. The van der Waals surface area contributed by atoms with Crippen LogP contribution in [0.5, 0.6) is 0 Å². The van der Waals surface area contributed by atoms with E-state index in [9.17, 15) is 4.79 Å². The molecule has 1 N–H and O–H groups in total. The van der Waals surface area contributed by atoms with E-state index in [0.717, 1.165) is 22.6 Å². The lowest BCUT2D eigenvalue weighted by Crippen LogP contribution is -1.96. The highest BCUT2D eigenvalue weighted by atomic mass is 32.1. The highest BCUT2D eigenvalue weighted by Crippen LogP contribution is 2.27. The monoisotopic (exact) mass is 283 g/mol. The van der Waals surface area contributed by atoms with Crippen LogP contribution in [0.1, 0.15) is 20.9 Å². The molecule has 2 aromatic heterocycles. The molecule has 2 heterocycles. The molecule has 3 rings (SSSR count). The molecule has 0 aliphatic carbocycles. The number of nitriles is 1. The van der Waals surface area contributed by atoms with E-state index in [0.29, 0.717) is 21.1 Å². The van der Waals surface area contributed by atoms with Crippen LogP contribution in [0.4, 0.5) is 0 Å². The van der Waals surface area contributed by atoms with E-state index in [1.54, 1.807) is 35.7 Å². The second kappa shape index (κ2) is 4.47. The normalized spacial score (nSPS) is 10.6. The van der Waals surface area contributed by atoms with Crippen molar-refractivity contribution in [2.45, 2.75) is 6.92 Å². The number of aryl methyl sites for hydroxylation is 1. The summed E-state index contributed by atoms with van der Waals surface area (Å²) in [6.07, 6.45) is 1.80. The number of hydrogen-bond acceptors (Lipinski definition) is 4. The van der Waals surface area contributed by atoms with Crippen LogP contribution in [0, 0.1) is 18.3 Å². The quantitative estimate of drug-likeness (QED) is 0.784. The largest absolute Gasteiger partial charge is 0.477 e. The van der Waals surface area contributed by atoms with Crippen molar-refractivity contribution in [3.63, 3.8) is 0 Å². The van der Waals surface area contributed by atoms with E-state index in [1.807, 2.05) is 6.07 Å². The third-order valence-electron chi connectivity index (χ3n) is 3.04. The Hall–Kier alpha value is -2.65. The Bertz CT molecular complexity index is 870. The summed E-state index contributed by atoms with van der Waals surface area (Å²) in [4.78, 5) is 16.4. The van der Waals surface area contributed by atoms with Gasteiger partial charge in [0.15, 0.2) is 4.96 Å². The minimum atomic E-state index is -0.939. The van der Waals surface area contributed by atoms with Crippen LogP contribution in [0.25, 0.3) is 16.2 Å². The Balaban J connectivity index is 2.14. The number of nitrogens with zero attached hydrogens (tertiary/aromatic N) is 3. The molecule has 3 aromatic rings. The van der Waals surface area contributed by atoms with Gasteiger partial charge in [0.1, 0.15) is 4.88 Å². The minimum absolute atomic E-state index is 0.296. The first kappa shape index (κ1) is 12.4. The van der Waals surface area contributed by atoms with Crippen LogP contribution < -0.4 is 0 Å². The minimum Gasteiger partial charge on any atom is -0.477 e. The van der Waals surface area contributed by atoms with Crippen molar-refractivity contribution in [1.82, 2.24) is 9.38 Å². The smallest absolute Gasteiger partial charge is 0.347 e. The molecule has 0 aliphatic rings. The van der Waals surface area contributed by atoms with Crippen LogP contribution in [0.15, 0.2) is 30.5 Å². The molecular weight excluding hydrogens is 274 g/mol. The first-order valence-electron chi connectivity index (χ1n) is 5.82. The molecule has 0 saturated heterocycles. The molecule has 0 fully saturated rings. The molecule has 5 nitrogen and oxygen atoms in total. The average Bonchev–Trinajstić information content (AvgIpc) is 2.99. The zero-order chi connectivity index (χ0) is 14.3. The third kappa shape index (κ3) is 1.85. The Labute approximate surface area is 118 Å². The Kier molecular flexibility index (Phi) is 2.77. The van der Waals surface area contributed by atoms with E-state index in [1.165, 1.54) is 0 Å². The first-order valence-corrected chi connectivity index (χ1v) is 6.64. The predicted molar refractivity (Wildman–Crippen MR) is 74.9 cm³/mol. The predicted octanol–water partition coefficient (Wildman–Crippen LogP) is 2.94. The van der Waals surface area contributed by atoms with Gasteiger partial charge in [0.05, 0.1) is 17.3 Å². The van der Waals surface area contributed by atoms with E-state index in [-0.39, 0.29) is 0 Å². The summed E-state index contributed by atoms with van der Waals surface area (Å²) in [6.45, 7) is 1.75. The number of imidazole rings is 1. The van der Waals surface area contributed by atoms with Crippen molar-refractivity contribution < 1.29 is 9.90 Å². The van der Waals surface area contributed by atoms with Crippen LogP contribution in [-0.2, 0) is 0 Å². The second-order valence-electron chi connectivity index (χ2n) is 4.29. The first-order chi connectivity index (χ1) is 9.60. The van der Waals surface area contributed by atoms with Crippen molar-refractivity contribution in [3.8, 4) is 17.3 Å². The lowest BCUT2D eigenvalue weighted by Gasteiger charge is -1.96. The van der Waals surface area contributed by atoms with Gasteiger partial charge in [-0.2, -0.15) is 5.26 Å². The van der Waals surface area contributed by atoms with Gasteiger partial charge in [-0.25, -0.2) is 9.78 Å². The molecule has 98 valence electrons. The number of benzene rings is 1. The third-order valence-corrected chi connectivity index (χ3v) is 4.18. The lowest BCUT2D eigenvalue weighted by atomic mass is 10.1. The van der Waals surface area contributed by atoms with Gasteiger partial charge in [0.2, 0.25) is 0 Å². The van der Waals surface area contributed by atoms with Gasteiger partial charge >= 0.3 is 5.97 Å². The van der Waals surface area contributed by atoms with Gasteiger partial charge in [0.25, 0.3) is 0 Å². The maximum absolute atomic E-state index is 11.1. The Morgan fingerprint density at radius 2 is 2.30 bits per heavy atom. The molecule has 20 heavy (non-hydrogen) atoms. The zero-order valence-electron chi connectivity index (χ0n) is 10.5. The Morgan fingerprint density at radius 3 is 2.95 bits per heavy atom. The number of carboxylic acids is 1. The van der Waals surface area contributed by atoms with Gasteiger partial charge in [-0.05, 0) is 19.1 Å². The van der Waals surface area contributed by atoms with E-state index < -0.39 is 5.97 Å². The molecule has 1 aromatic carbocycles. The summed E-state index contributed by atoms with van der Waals surface area (Å²) in [6, 6.07) is 9.26. The standard InChI is InChI=1S/C14H9N3O2S/c1-8-12(13(18)19)20-14-16-11(7-17(8)14)10-4-2-3-9(5-10)6-15/h2-5,7H,1H3,(H,18,19). The van der Waals surface area contributed by atoms with E-state index in [2.05, 4.69) is 11.1 Å². The number of carbonyl (C=O) groups is 1. The number of aromatic carboxylic acids is 1. The Morgan fingerprint density at radius 1 is 1.50 bits per heavy atom. The lowest BCUT2D eigenvalue weighted by molar-refractivity contribution is 0.0701. The summed E-state index contributed by atoms with van der Waals surface area (Å²) in [5, 5.41) is 18.0. The molecule has 0 aliphatic heterocycles. The number of carboxylic acid groups (broad SMARTS) is 1. The van der Waals surface area contributed by atoms with Crippen molar-refractivity contribution in [2.75, 3.05) is 0 Å². The highest BCUT2D eigenvalue weighted by Gasteiger charge is 2.17. The van der Waals surface area contributed by atoms with Crippen LogP contribution in [-0.4, -0.2) is 20.5 Å². The maximum atomic E-state index is 11.1. The number of rotatable bonds is 2. The molecule has 0 bridgehead atoms. The molecule has 6 heteroatoms. The van der Waals surface area contributed by atoms with Gasteiger partial charge in [-0.3, -0.25) is 4.40 Å². The maximum Gasteiger partial charge on any atom is 0.347 e. The summed E-state index contributed by atoms with van der Waals surface area (Å²) in [5.74, 6) is -0.939. The van der Waals surface area contributed by atoms with Crippen LogP contribution in [0.3, 0.4) is 0 Å². The molecule has 0 atom stereocenters. The fraction of sp³-hybridized carbons (Fsp3) is 0.0714. The molecule has 0 radical (unpaired) electrons.